The van der Waals surface area contributed by atoms with E-state index in [9.17, 15) is 0 Å². The highest BCUT2D eigenvalue weighted by molar-refractivity contribution is 9.10. The van der Waals surface area contributed by atoms with Crippen molar-refractivity contribution in [3.05, 3.63) is 70.2 Å². The standard InChI is InChI=1S/C17H14BrN/c18-12-6-8-13(9-7-12)19-17-15-10-5-11-3-1-2-4-14(11)16(15)17/h1-10,15-17,19H. The zero-order valence-electron chi connectivity index (χ0n) is 10.4. The maximum absolute atomic E-state index is 3.65. The lowest BCUT2D eigenvalue weighted by Gasteiger charge is -2.08. The highest BCUT2D eigenvalue weighted by Crippen LogP contribution is 2.54. The van der Waals surface area contributed by atoms with E-state index in [1.54, 1.807) is 0 Å². The molecule has 1 saturated carbocycles. The smallest absolute Gasteiger partial charge is 0.0405 e. The van der Waals surface area contributed by atoms with Crippen LogP contribution in [0.15, 0.2) is 59.1 Å². The molecular formula is C17H14BrN. The average Bonchev–Trinajstić information content (AvgIpc) is 3.15. The zero-order valence-corrected chi connectivity index (χ0v) is 12.0. The second-order valence-corrected chi connectivity index (χ2v) is 6.18. The summed E-state index contributed by atoms with van der Waals surface area (Å²) in [6, 6.07) is 17.7. The van der Waals surface area contributed by atoms with E-state index < -0.39 is 0 Å². The molecule has 2 heteroatoms. The molecule has 2 aromatic rings. The van der Waals surface area contributed by atoms with Crippen LogP contribution in [0.3, 0.4) is 0 Å². The van der Waals surface area contributed by atoms with Crippen molar-refractivity contribution < 1.29 is 0 Å². The first-order valence-corrected chi connectivity index (χ1v) is 7.41. The van der Waals surface area contributed by atoms with E-state index in [4.69, 9.17) is 0 Å². The van der Waals surface area contributed by atoms with Crippen LogP contribution < -0.4 is 5.32 Å². The molecular weight excluding hydrogens is 298 g/mol. The first-order chi connectivity index (χ1) is 9.33. The normalized spacial score (nSPS) is 26.5. The Hall–Kier alpha value is -1.54. The minimum absolute atomic E-state index is 0.543. The van der Waals surface area contributed by atoms with Crippen LogP contribution in [-0.2, 0) is 0 Å². The number of hydrogen-bond acceptors (Lipinski definition) is 1. The van der Waals surface area contributed by atoms with Crippen LogP contribution in [0.4, 0.5) is 5.69 Å². The van der Waals surface area contributed by atoms with Crippen molar-refractivity contribution in [2.75, 3.05) is 5.32 Å². The van der Waals surface area contributed by atoms with Crippen molar-refractivity contribution in [3.8, 4) is 0 Å². The van der Waals surface area contributed by atoms with Gasteiger partial charge in [-0.05, 0) is 35.4 Å². The fourth-order valence-electron chi connectivity index (χ4n) is 3.08. The number of benzene rings is 2. The Bertz CT molecular complexity index is 645. The van der Waals surface area contributed by atoms with Gasteiger partial charge in [0.25, 0.3) is 0 Å². The quantitative estimate of drug-likeness (QED) is 0.850. The zero-order chi connectivity index (χ0) is 12.8. The summed E-state index contributed by atoms with van der Waals surface area (Å²) in [5.41, 5.74) is 4.07. The van der Waals surface area contributed by atoms with Crippen molar-refractivity contribution in [1.82, 2.24) is 0 Å². The van der Waals surface area contributed by atoms with Gasteiger partial charge in [-0.2, -0.15) is 0 Å². The van der Waals surface area contributed by atoms with Crippen LogP contribution in [0.2, 0.25) is 0 Å². The molecule has 3 unspecified atom stereocenters. The van der Waals surface area contributed by atoms with E-state index in [1.807, 2.05) is 0 Å². The summed E-state index contributed by atoms with van der Waals surface area (Å²) in [7, 11) is 0. The van der Waals surface area contributed by atoms with Crippen molar-refractivity contribution in [2.45, 2.75) is 12.0 Å². The Balaban J connectivity index is 1.58. The lowest BCUT2D eigenvalue weighted by atomic mass is 9.97. The predicted octanol–water partition coefficient (Wildman–Crippen LogP) is 4.67. The minimum Gasteiger partial charge on any atom is -0.381 e. The van der Waals surface area contributed by atoms with Gasteiger partial charge < -0.3 is 5.32 Å². The lowest BCUT2D eigenvalue weighted by Crippen LogP contribution is -2.04. The molecule has 94 valence electrons. The van der Waals surface area contributed by atoms with Gasteiger partial charge in [-0.3, -0.25) is 0 Å². The SMILES string of the molecule is Brc1ccc(NC2C3C=Cc4ccccc4C32)cc1. The summed E-state index contributed by atoms with van der Waals surface area (Å²) in [5, 5.41) is 3.65. The second-order valence-electron chi connectivity index (χ2n) is 5.27. The van der Waals surface area contributed by atoms with Crippen LogP contribution in [0.1, 0.15) is 17.0 Å². The molecule has 0 amide bonds. The van der Waals surface area contributed by atoms with Crippen molar-refractivity contribution in [3.63, 3.8) is 0 Å². The first kappa shape index (κ1) is 11.3. The Morgan fingerprint density at radius 1 is 0.947 bits per heavy atom. The Kier molecular flexibility index (Phi) is 2.52. The van der Waals surface area contributed by atoms with Crippen LogP contribution in [0.5, 0.6) is 0 Å². The minimum atomic E-state index is 0.543. The van der Waals surface area contributed by atoms with Crippen LogP contribution in [0, 0.1) is 5.92 Å². The van der Waals surface area contributed by atoms with Crippen molar-refractivity contribution >= 4 is 27.7 Å². The second kappa shape index (κ2) is 4.24. The highest BCUT2D eigenvalue weighted by atomic mass is 79.9. The van der Waals surface area contributed by atoms with E-state index in [0.717, 1.165) is 4.47 Å². The molecule has 0 heterocycles. The maximum Gasteiger partial charge on any atom is 0.0405 e. The fraction of sp³-hybridized carbons (Fsp3) is 0.176. The number of halogens is 1. The molecule has 2 aromatic carbocycles. The Labute approximate surface area is 121 Å². The molecule has 0 aromatic heterocycles. The Morgan fingerprint density at radius 3 is 2.58 bits per heavy atom. The molecule has 2 aliphatic rings. The summed E-state index contributed by atoms with van der Waals surface area (Å²) < 4.78 is 1.12. The number of nitrogens with one attached hydrogen (secondary N) is 1. The molecule has 19 heavy (non-hydrogen) atoms. The molecule has 0 bridgehead atoms. The molecule has 0 radical (unpaired) electrons. The van der Waals surface area contributed by atoms with Gasteiger partial charge in [-0.15, -0.1) is 0 Å². The summed E-state index contributed by atoms with van der Waals surface area (Å²) in [4.78, 5) is 0. The molecule has 1 N–H and O–H groups in total. The number of fused-ring (bicyclic) bond motifs is 3. The number of anilines is 1. The molecule has 1 nitrogen and oxygen atoms in total. The molecule has 3 atom stereocenters. The van der Waals surface area contributed by atoms with Crippen LogP contribution >= 0.6 is 15.9 Å². The Morgan fingerprint density at radius 2 is 1.74 bits per heavy atom. The average molecular weight is 312 g/mol. The van der Waals surface area contributed by atoms with Gasteiger partial charge in [0.15, 0.2) is 0 Å². The van der Waals surface area contributed by atoms with Crippen molar-refractivity contribution in [2.24, 2.45) is 5.92 Å². The van der Waals surface area contributed by atoms with Gasteiger partial charge >= 0.3 is 0 Å². The van der Waals surface area contributed by atoms with E-state index in [0.29, 0.717) is 17.9 Å². The van der Waals surface area contributed by atoms with E-state index >= 15 is 0 Å². The first-order valence-electron chi connectivity index (χ1n) is 6.62. The molecule has 0 saturated heterocycles. The molecule has 1 fully saturated rings. The third-order valence-electron chi connectivity index (χ3n) is 4.11. The van der Waals surface area contributed by atoms with Gasteiger partial charge in [-0.1, -0.05) is 52.3 Å². The topological polar surface area (TPSA) is 12.0 Å². The largest absolute Gasteiger partial charge is 0.381 e. The summed E-state index contributed by atoms with van der Waals surface area (Å²) in [5.74, 6) is 1.29. The molecule has 0 aliphatic heterocycles. The highest BCUT2D eigenvalue weighted by Gasteiger charge is 2.51. The molecule has 4 rings (SSSR count). The maximum atomic E-state index is 3.65. The number of hydrogen-bond donors (Lipinski definition) is 1. The van der Waals surface area contributed by atoms with Gasteiger partial charge in [0.1, 0.15) is 0 Å². The van der Waals surface area contributed by atoms with Gasteiger partial charge in [0.2, 0.25) is 0 Å². The third-order valence-corrected chi connectivity index (χ3v) is 4.63. The lowest BCUT2D eigenvalue weighted by molar-refractivity contribution is 0.996. The fourth-order valence-corrected chi connectivity index (χ4v) is 3.34. The summed E-state index contributed by atoms with van der Waals surface area (Å²) >= 11 is 3.47. The van der Waals surface area contributed by atoms with Gasteiger partial charge in [0, 0.05) is 28.0 Å². The van der Waals surface area contributed by atoms with Gasteiger partial charge in [-0.25, -0.2) is 0 Å². The van der Waals surface area contributed by atoms with Gasteiger partial charge in [0.05, 0.1) is 0 Å². The monoisotopic (exact) mass is 311 g/mol. The van der Waals surface area contributed by atoms with Crippen LogP contribution in [0.25, 0.3) is 6.08 Å². The van der Waals surface area contributed by atoms with Crippen molar-refractivity contribution in [1.29, 1.82) is 0 Å². The molecule has 0 spiro atoms. The van der Waals surface area contributed by atoms with Crippen LogP contribution in [-0.4, -0.2) is 6.04 Å². The summed E-state index contributed by atoms with van der Waals surface area (Å²) in [6.07, 6.45) is 4.61. The van der Waals surface area contributed by atoms with E-state index in [-0.39, 0.29) is 0 Å². The third kappa shape index (κ3) is 1.91. The molecule has 2 aliphatic carbocycles. The number of rotatable bonds is 2. The van der Waals surface area contributed by atoms with E-state index in [1.165, 1.54) is 16.8 Å². The predicted molar refractivity (Wildman–Crippen MR) is 83.3 cm³/mol. The summed E-state index contributed by atoms with van der Waals surface area (Å²) in [6.45, 7) is 0. The van der Waals surface area contributed by atoms with E-state index in [2.05, 4.69) is 81.9 Å².